The lowest BCUT2D eigenvalue weighted by atomic mass is 10.0. The van der Waals surface area contributed by atoms with Crippen LogP contribution in [0.25, 0.3) is 0 Å². The van der Waals surface area contributed by atoms with Crippen molar-refractivity contribution in [1.82, 2.24) is 5.32 Å². The number of anilines is 1. The lowest BCUT2D eigenvalue weighted by Crippen LogP contribution is -2.31. The number of para-hydroxylation sites is 1. The molecule has 0 aliphatic carbocycles. The molecule has 0 heterocycles. The molecule has 0 bridgehead atoms. The third kappa shape index (κ3) is 6.31. The molecule has 0 aliphatic rings. The van der Waals surface area contributed by atoms with Crippen molar-refractivity contribution in [2.45, 2.75) is 12.5 Å². The molecule has 0 saturated carbocycles. The highest BCUT2D eigenvalue weighted by atomic mass is 16.5. The second-order valence-electron chi connectivity index (χ2n) is 6.58. The van der Waals surface area contributed by atoms with E-state index in [0.29, 0.717) is 11.3 Å². The van der Waals surface area contributed by atoms with Crippen LogP contribution in [0.5, 0.6) is 0 Å². The van der Waals surface area contributed by atoms with Gasteiger partial charge in [-0.05, 0) is 29.8 Å². The van der Waals surface area contributed by atoms with Crippen molar-refractivity contribution >= 4 is 23.5 Å². The van der Waals surface area contributed by atoms with Crippen LogP contribution in [0.3, 0.4) is 0 Å². The predicted octanol–water partition coefficient (Wildman–Crippen LogP) is 3.73. The van der Waals surface area contributed by atoms with Crippen molar-refractivity contribution in [2.75, 3.05) is 11.9 Å². The van der Waals surface area contributed by atoms with Crippen molar-refractivity contribution in [3.63, 3.8) is 0 Å². The average Bonchev–Trinajstić information content (AvgIpc) is 2.79. The van der Waals surface area contributed by atoms with Gasteiger partial charge in [0.15, 0.2) is 6.61 Å². The van der Waals surface area contributed by atoms with Crippen LogP contribution in [0.1, 0.15) is 28.4 Å². The van der Waals surface area contributed by atoms with Crippen LogP contribution in [0.4, 0.5) is 5.69 Å². The zero-order chi connectivity index (χ0) is 21.2. The summed E-state index contributed by atoms with van der Waals surface area (Å²) in [5, 5.41) is 5.52. The molecule has 0 spiro atoms. The van der Waals surface area contributed by atoms with Crippen LogP contribution in [-0.2, 0) is 14.3 Å². The summed E-state index contributed by atoms with van der Waals surface area (Å²) in [5.41, 5.74) is 1.89. The second-order valence-corrected chi connectivity index (χ2v) is 6.58. The number of ether oxygens (including phenoxy) is 1. The molecule has 30 heavy (non-hydrogen) atoms. The molecular weight excluding hydrogens is 380 g/mol. The van der Waals surface area contributed by atoms with Crippen molar-refractivity contribution in [2.24, 2.45) is 0 Å². The monoisotopic (exact) mass is 402 g/mol. The Morgan fingerprint density at radius 2 is 1.33 bits per heavy atom. The summed E-state index contributed by atoms with van der Waals surface area (Å²) in [5.74, 6) is -1.31. The van der Waals surface area contributed by atoms with Gasteiger partial charge >= 0.3 is 5.97 Å². The van der Waals surface area contributed by atoms with Crippen molar-refractivity contribution in [3.05, 3.63) is 102 Å². The third-order valence-electron chi connectivity index (χ3n) is 4.34. The van der Waals surface area contributed by atoms with Gasteiger partial charge in [-0.3, -0.25) is 14.4 Å². The number of benzene rings is 3. The molecule has 3 aromatic carbocycles. The molecule has 2 N–H and O–H groups in total. The Morgan fingerprint density at radius 1 is 0.767 bits per heavy atom. The van der Waals surface area contributed by atoms with Crippen LogP contribution in [-0.4, -0.2) is 24.4 Å². The molecule has 152 valence electrons. The van der Waals surface area contributed by atoms with E-state index in [9.17, 15) is 14.4 Å². The molecule has 1 atom stereocenters. The van der Waals surface area contributed by atoms with Gasteiger partial charge in [0.25, 0.3) is 11.8 Å². The van der Waals surface area contributed by atoms with Gasteiger partial charge in [0, 0.05) is 11.3 Å². The van der Waals surface area contributed by atoms with Crippen LogP contribution in [0.2, 0.25) is 0 Å². The standard InChI is InChI=1S/C24H22N2O4/c27-22(25-20-14-8-3-9-15-20)17-30-23(28)16-21(18-10-4-1-5-11-18)26-24(29)19-12-6-2-7-13-19/h1-15,21H,16-17H2,(H,25,27)(H,26,29)/t21-/m1/s1. The number of hydrogen-bond acceptors (Lipinski definition) is 4. The van der Waals surface area contributed by atoms with Crippen molar-refractivity contribution < 1.29 is 19.1 Å². The molecular formula is C24H22N2O4. The van der Waals surface area contributed by atoms with E-state index < -0.39 is 24.5 Å². The molecule has 0 aliphatic heterocycles. The molecule has 0 aromatic heterocycles. The summed E-state index contributed by atoms with van der Waals surface area (Å²) in [7, 11) is 0. The Hall–Kier alpha value is -3.93. The minimum atomic E-state index is -0.583. The van der Waals surface area contributed by atoms with Crippen molar-refractivity contribution in [1.29, 1.82) is 0 Å². The number of carbonyl (C=O) groups is 3. The molecule has 3 aromatic rings. The second kappa shape index (κ2) is 10.6. The summed E-state index contributed by atoms with van der Waals surface area (Å²) < 4.78 is 5.11. The number of hydrogen-bond donors (Lipinski definition) is 2. The van der Waals surface area contributed by atoms with E-state index in [4.69, 9.17) is 4.74 Å². The SMILES string of the molecule is O=C(COC(=O)C[C@@H](NC(=O)c1ccccc1)c1ccccc1)Nc1ccccc1. The Labute approximate surface area is 174 Å². The maximum Gasteiger partial charge on any atom is 0.308 e. The maximum atomic E-state index is 12.6. The van der Waals surface area contributed by atoms with Gasteiger partial charge in [0.05, 0.1) is 12.5 Å². The minimum absolute atomic E-state index is 0.0960. The van der Waals surface area contributed by atoms with Crippen LogP contribution < -0.4 is 10.6 Å². The highest BCUT2D eigenvalue weighted by Crippen LogP contribution is 2.18. The number of carbonyl (C=O) groups excluding carboxylic acids is 3. The molecule has 6 heteroatoms. The first-order valence-corrected chi connectivity index (χ1v) is 9.53. The van der Waals surface area contributed by atoms with E-state index in [-0.39, 0.29) is 12.3 Å². The summed E-state index contributed by atoms with van der Waals surface area (Å²) in [4.78, 5) is 36.9. The van der Waals surface area contributed by atoms with Crippen LogP contribution in [0.15, 0.2) is 91.0 Å². The summed E-state index contributed by atoms with van der Waals surface area (Å²) in [6.45, 7) is -0.401. The lowest BCUT2D eigenvalue weighted by Gasteiger charge is -2.19. The molecule has 0 unspecified atom stereocenters. The number of nitrogens with one attached hydrogen (secondary N) is 2. The Morgan fingerprint density at radius 3 is 1.97 bits per heavy atom. The topological polar surface area (TPSA) is 84.5 Å². The molecule has 0 radical (unpaired) electrons. The van der Waals surface area contributed by atoms with Gasteiger partial charge in [0.2, 0.25) is 0 Å². The lowest BCUT2D eigenvalue weighted by molar-refractivity contribution is -0.147. The van der Waals surface area contributed by atoms with E-state index >= 15 is 0 Å². The number of amides is 2. The molecule has 3 rings (SSSR count). The third-order valence-corrected chi connectivity index (χ3v) is 4.34. The van der Waals surface area contributed by atoms with Crippen LogP contribution in [0, 0.1) is 0 Å². The Bertz CT molecular complexity index is 976. The van der Waals surface area contributed by atoms with Gasteiger partial charge in [-0.2, -0.15) is 0 Å². The number of rotatable bonds is 8. The Kier molecular flexibility index (Phi) is 7.33. The zero-order valence-corrected chi connectivity index (χ0v) is 16.3. The molecule has 2 amide bonds. The number of esters is 1. The highest BCUT2D eigenvalue weighted by molar-refractivity contribution is 5.95. The average molecular weight is 402 g/mol. The van der Waals surface area contributed by atoms with Crippen LogP contribution >= 0.6 is 0 Å². The molecule has 0 fully saturated rings. The largest absolute Gasteiger partial charge is 0.455 e. The predicted molar refractivity (Wildman–Crippen MR) is 114 cm³/mol. The van der Waals surface area contributed by atoms with E-state index in [1.54, 1.807) is 48.5 Å². The molecule has 6 nitrogen and oxygen atoms in total. The fraction of sp³-hybridized carbons (Fsp3) is 0.125. The zero-order valence-electron chi connectivity index (χ0n) is 16.3. The molecule has 0 saturated heterocycles. The first-order valence-electron chi connectivity index (χ1n) is 9.53. The fourth-order valence-corrected chi connectivity index (χ4v) is 2.86. The van der Waals surface area contributed by atoms with E-state index in [0.717, 1.165) is 5.56 Å². The van der Waals surface area contributed by atoms with Crippen molar-refractivity contribution in [3.8, 4) is 0 Å². The Balaban J connectivity index is 1.59. The minimum Gasteiger partial charge on any atom is -0.455 e. The normalized spacial score (nSPS) is 11.2. The van der Waals surface area contributed by atoms with E-state index in [2.05, 4.69) is 10.6 Å². The quantitative estimate of drug-likeness (QED) is 0.563. The first-order chi connectivity index (χ1) is 14.6. The fourth-order valence-electron chi connectivity index (χ4n) is 2.86. The maximum absolute atomic E-state index is 12.6. The van der Waals surface area contributed by atoms with Gasteiger partial charge in [-0.25, -0.2) is 0 Å². The summed E-state index contributed by atoms with van der Waals surface area (Å²) >= 11 is 0. The van der Waals surface area contributed by atoms with Gasteiger partial charge in [0.1, 0.15) is 0 Å². The van der Waals surface area contributed by atoms with E-state index in [1.807, 2.05) is 42.5 Å². The smallest absolute Gasteiger partial charge is 0.308 e. The first kappa shape index (κ1) is 20.8. The summed E-state index contributed by atoms with van der Waals surface area (Å²) in [6.07, 6.45) is -0.0960. The van der Waals surface area contributed by atoms with Gasteiger partial charge in [-0.1, -0.05) is 66.7 Å². The summed E-state index contributed by atoms with van der Waals surface area (Å²) in [6, 6.07) is 26.2. The van der Waals surface area contributed by atoms with Gasteiger partial charge in [-0.15, -0.1) is 0 Å². The van der Waals surface area contributed by atoms with E-state index in [1.165, 1.54) is 0 Å². The van der Waals surface area contributed by atoms with Gasteiger partial charge < -0.3 is 15.4 Å². The highest BCUT2D eigenvalue weighted by Gasteiger charge is 2.20.